The molecule has 0 radical (unpaired) electrons. The highest BCUT2D eigenvalue weighted by Crippen LogP contribution is 2.16. The number of nitro benzene ring substituents is 1. The Kier molecular flexibility index (Phi) is 7.59. The molecule has 0 aliphatic carbocycles. The lowest BCUT2D eigenvalue weighted by Gasteiger charge is -2.06. The monoisotopic (exact) mass is 342 g/mol. The van der Waals surface area contributed by atoms with E-state index in [0.29, 0.717) is 6.61 Å². The summed E-state index contributed by atoms with van der Waals surface area (Å²) in [4.78, 5) is 14.6. The van der Waals surface area contributed by atoms with Gasteiger partial charge in [0, 0.05) is 38.1 Å². The number of benzene rings is 2. The van der Waals surface area contributed by atoms with Crippen LogP contribution in [0.25, 0.3) is 0 Å². The molecule has 6 nitrogen and oxygen atoms in total. The summed E-state index contributed by atoms with van der Waals surface area (Å²) in [6.07, 6.45) is 2.76. The van der Waals surface area contributed by atoms with Crippen LogP contribution in [0.4, 0.5) is 5.69 Å². The van der Waals surface area contributed by atoms with Gasteiger partial charge in [-0.05, 0) is 60.9 Å². The maximum atomic E-state index is 10.6. The first-order valence-electron chi connectivity index (χ1n) is 8.23. The van der Waals surface area contributed by atoms with Crippen LogP contribution in [-0.2, 0) is 11.3 Å². The minimum Gasteiger partial charge on any atom is -0.489 e. The molecule has 2 aromatic carbocycles. The van der Waals surface area contributed by atoms with Gasteiger partial charge >= 0.3 is 0 Å². The Bertz CT molecular complexity index is 682. The zero-order valence-electron chi connectivity index (χ0n) is 14.3. The van der Waals surface area contributed by atoms with E-state index in [4.69, 9.17) is 9.47 Å². The molecular formula is C19H22N2O4. The van der Waals surface area contributed by atoms with Gasteiger partial charge in [-0.2, -0.15) is 0 Å². The molecule has 0 amide bonds. The zero-order chi connectivity index (χ0) is 17.9. The fraction of sp³-hybridized carbons (Fsp3) is 0.316. The third-order valence-electron chi connectivity index (χ3n) is 3.45. The summed E-state index contributed by atoms with van der Waals surface area (Å²) >= 11 is 0. The Labute approximate surface area is 147 Å². The van der Waals surface area contributed by atoms with Crippen molar-refractivity contribution in [2.75, 3.05) is 19.8 Å². The molecule has 0 unspecified atom stereocenters. The van der Waals surface area contributed by atoms with Gasteiger partial charge in [-0.15, -0.1) is 0 Å². The second-order valence-corrected chi connectivity index (χ2v) is 5.37. The van der Waals surface area contributed by atoms with Crippen LogP contribution >= 0.6 is 0 Å². The molecule has 25 heavy (non-hydrogen) atoms. The Balaban J connectivity index is 1.78. The molecule has 0 atom stereocenters. The van der Waals surface area contributed by atoms with E-state index >= 15 is 0 Å². The number of aliphatic imine (C=N–C) groups is 1. The van der Waals surface area contributed by atoms with Crippen molar-refractivity contribution in [2.24, 2.45) is 4.99 Å². The largest absolute Gasteiger partial charge is 0.489 e. The average Bonchev–Trinajstić information content (AvgIpc) is 2.64. The maximum Gasteiger partial charge on any atom is 0.269 e. The minimum absolute atomic E-state index is 0.0775. The SMILES string of the molecule is CCOCCCN=Cc1ccc(OCc2ccc([N+](=O)[O-])cc2)cc1. The summed E-state index contributed by atoms with van der Waals surface area (Å²) in [5.41, 5.74) is 1.97. The van der Waals surface area contributed by atoms with E-state index in [0.717, 1.165) is 43.1 Å². The van der Waals surface area contributed by atoms with Crippen LogP contribution in [-0.4, -0.2) is 30.9 Å². The van der Waals surface area contributed by atoms with Crippen molar-refractivity contribution < 1.29 is 14.4 Å². The van der Waals surface area contributed by atoms with Gasteiger partial charge < -0.3 is 9.47 Å². The van der Waals surface area contributed by atoms with Crippen LogP contribution in [0.3, 0.4) is 0 Å². The molecule has 0 N–H and O–H groups in total. The third-order valence-corrected chi connectivity index (χ3v) is 3.45. The van der Waals surface area contributed by atoms with Gasteiger partial charge in [-0.25, -0.2) is 0 Å². The number of ether oxygens (including phenoxy) is 2. The highest BCUT2D eigenvalue weighted by molar-refractivity contribution is 5.79. The van der Waals surface area contributed by atoms with Crippen molar-refractivity contribution in [3.8, 4) is 5.75 Å². The molecule has 0 spiro atoms. The van der Waals surface area contributed by atoms with Gasteiger partial charge in [0.1, 0.15) is 12.4 Å². The maximum absolute atomic E-state index is 10.6. The second-order valence-electron chi connectivity index (χ2n) is 5.37. The summed E-state index contributed by atoms with van der Waals surface area (Å²) in [5.74, 6) is 0.742. The van der Waals surface area contributed by atoms with Crippen molar-refractivity contribution in [2.45, 2.75) is 20.0 Å². The van der Waals surface area contributed by atoms with E-state index in [1.54, 1.807) is 12.1 Å². The minimum atomic E-state index is -0.415. The van der Waals surface area contributed by atoms with Gasteiger partial charge in [0.05, 0.1) is 4.92 Å². The first-order valence-corrected chi connectivity index (χ1v) is 8.23. The first kappa shape index (κ1) is 18.6. The van der Waals surface area contributed by atoms with Gasteiger partial charge in [0.25, 0.3) is 5.69 Å². The van der Waals surface area contributed by atoms with Crippen molar-refractivity contribution in [1.29, 1.82) is 0 Å². The van der Waals surface area contributed by atoms with Crippen LogP contribution in [0.15, 0.2) is 53.5 Å². The Morgan fingerprint density at radius 3 is 2.48 bits per heavy atom. The van der Waals surface area contributed by atoms with E-state index in [-0.39, 0.29) is 5.69 Å². The Morgan fingerprint density at radius 1 is 1.12 bits per heavy atom. The molecule has 6 heteroatoms. The van der Waals surface area contributed by atoms with E-state index in [2.05, 4.69) is 4.99 Å². The predicted octanol–water partition coefficient (Wildman–Crippen LogP) is 4.02. The molecule has 2 aromatic rings. The topological polar surface area (TPSA) is 74.0 Å². The van der Waals surface area contributed by atoms with E-state index < -0.39 is 4.92 Å². The molecule has 0 saturated carbocycles. The van der Waals surface area contributed by atoms with E-state index in [1.165, 1.54) is 12.1 Å². The van der Waals surface area contributed by atoms with Crippen molar-refractivity contribution in [1.82, 2.24) is 0 Å². The number of nitro groups is 1. The number of hydrogen-bond donors (Lipinski definition) is 0. The van der Waals surface area contributed by atoms with Crippen LogP contribution in [0.2, 0.25) is 0 Å². The summed E-state index contributed by atoms with van der Waals surface area (Å²) < 4.78 is 10.9. The summed E-state index contributed by atoms with van der Waals surface area (Å²) in [7, 11) is 0. The molecule has 132 valence electrons. The quantitative estimate of drug-likeness (QED) is 0.283. The van der Waals surface area contributed by atoms with Crippen LogP contribution in [0, 0.1) is 10.1 Å². The molecule has 0 bridgehead atoms. The van der Waals surface area contributed by atoms with Gasteiger partial charge in [-0.3, -0.25) is 15.1 Å². The molecule has 0 heterocycles. The van der Waals surface area contributed by atoms with Gasteiger partial charge in [0.2, 0.25) is 0 Å². The molecule has 0 aliphatic rings. The fourth-order valence-electron chi connectivity index (χ4n) is 2.10. The lowest BCUT2D eigenvalue weighted by molar-refractivity contribution is -0.384. The fourth-order valence-corrected chi connectivity index (χ4v) is 2.10. The van der Waals surface area contributed by atoms with Crippen molar-refractivity contribution in [3.05, 3.63) is 69.8 Å². The number of rotatable bonds is 10. The van der Waals surface area contributed by atoms with E-state index in [1.807, 2.05) is 37.4 Å². The number of nitrogens with zero attached hydrogens (tertiary/aromatic N) is 2. The predicted molar refractivity (Wildman–Crippen MR) is 97.4 cm³/mol. The summed E-state index contributed by atoms with van der Waals surface area (Å²) in [5, 5.41) is 10.6. The number of non-ortho nitro benzene ring substituents is 1. The molecule has 0 aliphatic heterocycles. The molecule has 0 saturated heterocycles. The smallest absolute Gasteiger partial charge is 0.269 e. The molecular weight excluding hydrogens is 320 g/mol. The lowest BCUT2D eigenvalue weighted by Crippen LogP contribution is -1.97. The number of hydrogen-bond acceptors (Lipinski definition) is 5. The molecule has 2 rings (SSSR count). The molecule has 0 aromatic heterocycles. The van der Waals surface area contributed by atoms with E-state index in [9.17, 15) is 10.1 Å². The average molecular weight is 342 g/mol. The highest BCUT2D eigenvalue weighted by Gasteiger charge is 2.04. The normalized spacial score (nSPS) is 10.9. The third kappa shape index (κ3) is 6.73. The Morgan fingerprint density at radius 2 is 1.84 bits per heavy atom. The van der Waals surface area contributed by atoms with Gasteiger partial charge in [-0.1, -0.05) is 0 Å². The van der Waals surface area contributed by atoms with Crippen molar-refractivity contribution >= 4 is 11.9 Å². The van der Waals surface area contributed by atoms with Crippen LogP contribution < -0.4 is 4.74 Å². The lowest BCUT2D eigenvalue weighted by atomic mass is 10.2. The zero-order valence-corrected chi connectivity index (χ0v) is 14.3. The first-order chi connectivity index (χ1) is 12.2. The van der Waals surface area contributed by atoms with Crippen LogP contribution in [0.5, 0.6) is 5.75 Å². The standard InChI is InChI=1S/C19H22N2O4/c1-2-24-13-3-12-20-14-16-6-10-19(11-7-16)25-15-17-4-8-18(9-5-17)21(22)23/h4-11,14H,2-3,12-13,15H2,1H3. The van der Waals surface area contributed by atoms with Crippen LogP contribution in [0.1, 0.15) is 24.5 Å². The summed E-state index contributed by atoms with van der Waals surface area (Å²) in [6.45, 7) is 4.57. The highest BCUT2D eigenvalue weighted by atomic mass is 16.6. The summed E-state index contributed by atoms with van der Waals surface area (Å²) in [6, 6.07) is 14.0. The van der Waals surface area contributed by atoms with Gasteiger partial charge in [0.15, 0.2) is 0 Å². The molecule has 0 fully saturated rings. The van der Waals surface area contributed by atoms with Crippen molar-refractivity contribution in [3.63, 3.8) is 0 Å². The Hall–Kier alpha value is -2.73. The second kappa shape index (κ2) is 10.2.